The van der Waals surface area contributed by atoms with E-state index in [1.165, 1.54) is 7.11 Å². The summed E-state index contributed by atoms with van der Waals surface area (Å²) in [6, 6.07) is 5.12. The molecule has 0 radical (unpaired) electrons. The summed E-state index contributed by atoms with van der Waals surface area (Å²) in [6.45, 7) is 1.67. The number of carbonyl (C=O) groups excluding carboxylic acids is 1. The van der Waals surface area contributed by atoms with E-state index in [1.54, 1.807) is 18.2 Å². The summed E-state index contributed by atoms with van der Waals surface area (Å²) < 4.78 is 5.15. The summed E-state index contributed by atoms with van der Waals surface area (Å²) in [7, 11) is 1.54. The maximum Gasteiger partial charge on any atom is 0.253 e. The van der Waals surface area contributed by atoms with E-state index < -0.39 is 0 Å². The van der Waals surface area contributed by atoms with Crippen molar-refractivity contribution in [2.24, 2.45) is 5.92 Å². The third kappa shape index (κ3) is 3.22. The van der Waals surface area contributed by atoms with Crippen LogP contribution in [0.5, 0.6) is 5.75 Å². The number of piperidine rings is 1. The number of rotatable bonds is 4. The monoisotopic (exact) mass is 278 g/mol. The molecule has 0 spiro atoms. The summed E-state index contributed by atoms with van der Waals surface area (Å²) in [5.41, 5.74) is 6.89. The zero-order valence-corrected chi connectivity index (χ0v) is 11.8. The molecule has 20 heavy (non-hydrogen) atoms. The smallest absolute Gasteiger partial charge is 0.253 e. The van der Waals surface area contributed by atoms with Gasteiger partial charge < -0.3 is 20.5 Å². The third-order valence-electron chi connectivity index (χ3n) is 3.82. The number of amides is 1. The Kier molecular flexibility index (Phi) is 4.84. The Morgan fingerprint density at radius 1 is 1.55 bits per heavy atom. The molecule has 110 valence electrons. The maximum atomic E-state index is 12.5. The molecule has 1 aromatic rings. The zero-order valence-electron chi connectivity index (χ0n) is 11.8. The fourth-order valence-corrected chi connectivity index (χ4v) is 2.69. The lowest BCUT2D eigenvalue weighted by atomic mass is 9.94. The zero-order chi connectivity index (χ0) is 14.5. The van der Waals surface area contributed by atoms with E-state index in [2.05, 4.69) is 0 Å². The van der Waals surface area contributed by atoms with E-state index in [1.807, 2.05) is 4.90 Å². The number of nitrogen functional groups attached to an aromatic ring is 1. The Morgan fingerprint density at radius 3 is 3.05 bits per heavy atom. The summed E-state index contributed by atoms with van der Waals surface area (Å²) in [5, 5.41) is 9.03. The summed E-state index contributed by atoms with van der Waals surface area (Å²) in [4.78, 5) is 14.4. The predicted octanol–water partition coefficient (Wildman–Crippen LogP) is 1.51. The van der Waals surface area contributed by atoms with Crippen molar-refractivity contribution in [1.29, 1.82) is 0 Å². The Bertz CT molecular complexity index is 474. The van der Waals surface area contributed by atoms with Crippen molar-refractivity contribution in [3.63, 3.8) is 0 Å². The minimum absolute atomic E-state index is 0.00550. The molecule has 3 N–H and O–H groups in total. The third-order valence-corrected chi connectivity index (χ3v) is 3.82. The highest BCUT2D eigenvalue weighted by Gasteiger charge is 2.24. The highest BCUT2D eigenvalue weighted by molar-refractivity contribution is 5.95. The number of methoxy groups -OCH3 is 1. The van der Waals surface area contributed by atoms with E-state index in [0.29, 0.717) is 29.5 Å². The Labute approximate surface area is 119 Å². The van der Waals surface area contributed by atoms with Gasteiger partial charge in [0, 0.05) is 25.3 Å². The summed E-state index contributed by atoms with van der Waals surface area (Å²) >= 11 is 0. The second-order valence-corrected chi connectivity index (χ2v) is 5.23. The van der Waals surface area contributed by atoms with E-state index in [0.717, 1.165) is 25.8 Å². The topological polar surface area (TPSA) is 75.8 Å². The molecule has 5 heteroatoms. The first-order chi connectivity index (χ1) is 9.65. The molecule has 5 nitrogen and oxygen atoms in total. The number of hydrogen-bond acceptors (Lipinski definition) is 4. The first kappa shape index (κ1) is 14.7. The van der Waals surface area contributed by atoms with Crippen LogP contribution >= 0.6 is 0 Å². The molecule has 0 saturated carbocycles. The predicted molar refractivity (Wildman–Crippen MR) is 77.7 cm³/mol. The van der Waals surface area contributed by atoms with Gasteiger partial charge in [0.15, 0.2) is 0 Å². The lowest BCUT2D eigenvalue weighted by Gasteiger charge is -2.32. The van der Waals surface area contributed by atoms with E-state index >= 15 is 0 Å². The van der Waals surface area contributed by atoms with E-state index in [-0.39, 0.29) is 12.5 Å². The fourth-order valence-electron chi connectivity index (χ4n) is 2.69. The van der Waals surface area contributed by atoms with Gasteiger partial charge in [0.1, 0.15) is 5.75 Å². The Morgan fingerprint density at radius 2 is 2.35 bits per heavy atom. The number of carbonyl (C=O) groups is 1. The van der Waals surface area contributed by atoms with Gasteiger partial charge in [-0.15, -0.1) is 0 Å². The van der Waals surface area contributed by atoms with Crippen LogP contribution in [0.4, 0.5) is 5.69 Å². The van der Waals surface area contributed by atoms with Crippen LogP contribution in [-0.2, 0) is 0 Å². The standard InChI is InChI=1S/C15H22N2O3/c1-20-14-9-12(4-5-13(14)16)15(19)17-7-2-3-11(10-17)6-8-18/h4-5,9,11,18H,2-3,6-8,10,16H2,1H3. The van der Waals surface area contributed by atoms with Gasteiger partial charge in [-0.05, 0) is 43.4 Å². The number of likely N-dealkylation sites (tertiary alicyclic amines) is 1. The van der Waals surface area contributed by atoms with Gasteiger partial charge in [-0.25, -0.2) is 0 Å². The minimum atomic E-state index is 0.00550. The molecular formula is C15H22N2O3. The van der Waals surface area contributed by atoms with Crippen LogP contribution in [0.2, 0.25) is 0 Å². The molecule has 0 aliphatic carbocycles. The molecular weight excluding hydrogens is 256 g/mol. The molecule has 1 saturated heterocycles. The second kappa shape index (κ2) is 6.61. The Balaban J connectivity index is 2.10. The van der Waals surface area contributed by atoms with Crippen molar-refractivity contribution in [1.82, 2.24) is 4.90 Å². The number of ether oxygens (including phenoxy) is 1. The number of nitrogens with two attached hydrogens (primary N) is 1. The molecule has 1 aliphatic rings. The van der Waals surface area contributed by atoms with Gasteiger partial charge in [-0.2, -0.15) is 0 Å². The van der Waals surface area contributed by atoms with Crippen molar-refractivity contribution in [2.75, 3.05) is 32.5 Å². The molecule has 1 aliphatic heterocycles. The molecule has 2 rings (SSSR count). The average molecular weight is 278 g/mol. The van der Waals surface area contributed by atoms with Crippen molar-refractivity contribution in [2.45, 2.75) is 19.3 Å². The Hall–Kier alpha value is -1.75. The van der Waals surface area contributed by atoms with Gasteiger partial charge in [0.25, 0.3) is 5.91 Å². The van der Waals surface area contributed by atoms with Crippen molar-refractivity contribution < 1.29 is 14.6 Å². The van der Waals surface area contributed by atoms with Crippen LogP contribution in [0.25, 0.3) is 0 Å². The molecule has 1 atom stereocenters. The van der Waals surface area contributed by atoms with Crippen LogP contribution in [0, 0.1) is 5.92 Å². The number of nitrogens with zero attached hydrogens (tertiary/aromatic N) is 1. The van der Waals surface area contributed by atoms with Crippen LogP contribution in [0.3, 0.4) is 0 Å². The SMILES string of the molecule is COc1cc(C(=O)N2CCCC(CCO)C2)ccc1N. The highest BCUT2D eigenvalue weighted by Crippen LogP contribution is 2.25. The highest BCUT2D eigenvalue weighted by atomic mass is 16.5. The number of anilines is 1. The van der Waals surface area contributed by atoms with Crippen molar-refractivity contribution in [3.8, 4) is 5.75 Å². The van der Waals surface area contributed by atoms with Crippen LogP contribution < -0.4 is 10.5 Å². The molecule has 0 aromatic heterocycles. The fraction of sp³-hybridized carbons (Fsp3) is 0.533. The first-order valence-electron chi connectivity index (χ1n) is 6.99. The molecule has 1 aromatic carbocycles. The van der Waals surface area contributed by atoms with Gasteiger partial charge in [0.05, 0.1) is 12.8 Å². The maximum absolute atomic E-state index is 12.5. The molecule has 1 fully saturated rings. The normalized spacial score (nSPS) is 18.9. The van der Waals surface area contributed by atoms with Gasteiger partial charge in [-0.3, -0.25) is 4.79 Å². The van der Waals surface area contributed by atoms with Gasteiger partial charge >= 0.3 is 0 Å². The lowest BCUT2D eigenvalue weighted by molar-refractivity contribution is 0.0653. The van der Waals surface area contributed by atoms with Gasteiger partial charge in [0.2, 0.25) is 0 Å². The van der Waals surface area contributed by atoms with Crippen LogP contribution in [-0.4, -0.2) is 42.7 Å². The largest absolute Gasteiger partial charge is 0.495 e. The molecule has 1 amide bonds. The van der Waals surface area contributed by atoms with E-state index in [4.69, 9.17) is 15.6 Å². The number of aliphatic hydroxyl groups excluding tert-OH is 1. The molecule has 1 heterocycles. The van der Waals surface area contributed by atoms with Crippen LogP contribution in [0.15, 0.2) is 18.2 Å². The molecule has 0 bridgehead atoms. The van der Waals surface area contributed by atoms with Crippen LogP contribution in [0.1, 0.15) is 29.6 Å². The number of benzene rings is 1. The minimum Gasteiger partial charge on any atom is -0.495 e. The first-order valence-corrected chi connectivity index (χ1v) is 6.99. The second-order valence-electron chi connectivity index (χ2n) is 5.23. The van der Waals surface area contributed by atoms with Crippen molar-refractivity contribution in [3.05, 3.63) is 23.8 Å². The van der Waals surface area contributed by atoms with E-state index in [9.17, 15) is 4.79 Å². The lowest BCUT2D eigenvalue weighted by Crippen LogP contribution is -2.40. The number of aliphatic hydroxyl groups is 1. The molecule has 1 unspecified atom stereocenters. The van der Waals surface area contributed by atoms with Gasteiger partial charge in [-0.1, -0.05) is 0 Å². The van der Waals surface area contributed by atoms with Crippen molar-refractivity contribution >= 4 is 11.6 Å². The average Bonchev–Trinajstić information content (AvgIpc) is 2.48. The number of hydrogen-bond donors (Lipinski definition) is 2. The quantitative estimate of drug-likeness (QED) is 0.819. The summed E-state index contributed by atoms with van der Waals surface area (Å²) in [5.74, 6) is 0.930. The summed E-state index contributed by atoms with van der Waals surface area (Å²) in [6.07, 6.45) is 2.83.